The fourth-order valence-corrected chi connectivity index (χ4v) is 3.12. The van der Waals surface area contributed by atoms with Crippen molar-refractivity contribution in [2.45, 2.75) is 58.6 Å². The molecule has 0 fully saturated rings. The molecule has 0 bridgehead atoms. The maximum atomic E-state index is 12.3. The number of esters is 2. The normalized spacial score (nSPS) is 12.1. The third-order valence-electron chi connectivity index (χ3n) is 4.83. The van der Waals surface area contributed by atoms with E-state index in [9.17, 15) is 29.1 Å². The molecule has 0 aliphatic carbocycles. The molecule has 0 unspecified atom stereocenters. The van der Waals surface area contributed by atoms with Crippen LogP contribution in [0.5, 0.6) is 0 Å². The van der Waals surface area contributed by atoms with Gasteiger partial charge in [0, 0.05) is 13.0 Å². The van der Waals surface area contributed by atoms with Gasteiger partial charge in [0.2, 0.25) is 5.91 Å². The van der Waals surface area contributed by atoms with Gasteiger partial charge in [0.1, 0.15) is 12.6 Å². The monoisotopic (exact) mass is 494 g/mol. The summed E-state index contributed by atoms with van der Waals surface area (Å²) in [6.07, 6.45) is 0.551. The van der Waals surface area contributed by atoms with Crippen LogP contribution in [0.2, 0.25) is 0 Å². The number of alkyl carbamates (subject to hydrolysis) is 1. The third kappa shape index (κ3) is 12.4. The lowest BCUT2D eigenvalue weighted by Crippen LogP contribution is -2.49. The second kappa shape index (κ2) is 16.9. The fraction of sp³-hybridized carbons (Fsp3) is 0.542. The molecule has 3 N–H and O–H groups in total. The predicted octanol–water partition coefficient (Wildman–Crippen LogP) is 2.18. The van der Waals surface area contributed by atoms with Crippen molar-refractivity contribution in [1.82, 2.24) is 10.6 Å². The van der Waals surface area contributed by atoms with E-state index in [1.54, 1.807) is 13.8 Å². The number of carboxylic acids is 1. The van der Waals surface area contributed by atoms with Crippen molar-refractivity contribution in [2.24, 2.45) is 5.92 Å². The Labute approximate surface area is 204 Å². The van der Waals surface area contributed by atoms with Crippen LogP contribution in [0.25, 0.3) is 0 Å². The molecule has 194 valence electrons. The van der Waals surface area contributed by atoms with Crippen LogP contribution in [0.15, 0.2) is 30.3 Å². The number of amides is 2. The van der Waals surface area contributed by atoms with E-state index >= 15 is 0 Å². The average Bonchev–Trinajstić information content (AvgIpc) is 2.83. The van der Waals surface area contributed by atoms with Gasteiger partial charge < -0.3 is 30.0 Å². The Kier molecular flexibility index (Phi) is 14.2. The summed E-state index contributed by atoms with van der Waals surface area (Å²) in [5.41, 5.74) is 0.876. The highest BCUT2D eigenvalue weighted by atomic mass is 16.5. The van der Waals surface area contributed by atoms with Gasteiger partial charge >= 0.3 is 24.0 Å². The van der Waals surface area contributed by atoms with Crippen LogP contribution in [0, 0.1) is 5.92 Å². The van der Waals surface area contributed by atoms with E-state index in [2.05, 4.69) is 10.6 Å². The minimum atomic E-state index is -1.63. The molecule has 0 aliphatic rings. The minimum absolute atomic E-state index is 0.00766. The van der Waals surface area contributed by atoms with Crippen LogP contribution in [-0.4, -0.2) is 60.8 Å². The highest BCUT2D eigenvalue weighted by Crippen LogP contribution is 2.15. The summed E-state index contributed by atoms with van der Waals surface area (Å²) in [4.78, 5) is 59.8. The molecule has 35 heavy (non-hydrogen) atoms. The van der Waals surface area contributed by atoms with Crippen molar-refractivity contribution in [2.75, 3.05) is 19.8 Å². The maximum absolute atomic E-state index is 12.3. The zero-order chi connectivity index (χ0) is 26.1. The number of rotatable bonds is 16. The van der Waals surface area contributed by atoms with Crippen molar-refractivity contribution in [3.63, 3.8) is 0 Å². The molecule has 0 radical (unpaired) electrons. The quantitative estimate of drug-likeness (QED) is 0.178. The summed E-state index contributed by atoms with van der Waals surface area (Å²) in [6.45, 7) is 3.71. The SMILES string of the molecule is CCOC(=O)C[C@@H](C(=O)OCC)[C@@H](NC(=O)CCCCCNC(=O)OCc1ccccc1)C(=O)O. The summed E-state index contributed by atoms with van der Waals surface area (Å²) >= 11 is 0. The van der Waals surface area contributed by atoms with Crippen molar-refractivity contribution in [3.05, 3.63) is 35.9 Å². The number of carbonyl (C=O) groups excluding carboxylic acids is 4. The highest BCUT2D eigenvalue weighted by Gasteiger charge is 2.38. The van der Waals surface area contributed by atoms with E-state index in [0.717, 1.165) is 5.56 Å². The smallest absolute Gasteiger partial charge is 0.407 e. The van der Waals surface area contributed by atoms with Crippen molar-refractivity contribution in [3.8, 4) is 0 Å². The Morgan fingerprint density at radius 3 is 2.23 bits per heavy atom. The lowest BCUT2D eigenvalue weighted by Gasteiger charge is -2.22. The van der Waals surface area contributed by atoms with Gasteiger partial charge in [-0.25, -0.2) is 9.59 Å². The molecule has 0 saturated heterocycles. The Morgan fingerprint density at radius 2 is 1.60 bits per heavy atom. The molecule has 11 nitrogen and oxygen atoms in total. The van der Waals surface area contributed by atoms with Crippen molar-refractivity contribution in [1.29, 1.82) is 0 Å². The number of unbranched alkanes of at least 4 members (excludes halogenated alkanes) is 2. The molecular formula is C24H34N2O9. The molecule has 1 rings (SSSR count). The number of hydrogen-bond acceptors (Lipinski definition) is 8. The number of ether oxygens (including phenoxy) is 3. The summed E-state index contributed by atoms with van der Waals surface area (Å²) in [7, 11) is 0. The van der Waals surface area contributed by atoms with Crippen LogP contribution in [0.4, 0.5) is 4.79 Å². The van der Waals surface area contributed by atoms with E-state index in [1.165, 1.54) is 0 Å². The molecule has 1 aromatic carbocycles. The number of carboxylic acid groups (broad SMARTS) is 1. The van der Waals surface area contributed by atoms with Gasteiger partial charge in [-0.2, -0.15) is 0 Å². The number of hydrogen-bond donors (Lipinski definition) is 3. The lowest BCUT2D eigenvalue weighted by atomic mass is 9.95. The summed E-state index contributed by atoms with van der Waals surface area (Å²) in [5.74, 6) is -5.12. The molecule has 2 amide bonds. The predicted molar refractivity (Wildman–Crippen MR) is 124 cm³/mol. The van der Waals surface area contributed by atoms with Crippen LogP contribution < -0.4 is 10.6 Å². The molecule has 2 atom stereocenters. The summed E-state index contributed by atoms with van der Waals surface area (Å²) in [6, 6.07) is 7.63. The van der Waals surface area contributed by atoms with Crippen LogP contribution in [0.1, 0.15) is 51.5 Å². The average molecular weight is 495 g/mol. The highest BCUT2D eigenvalue weighted by molar-refractivity contribution is 5.90. The number of aliphatic carboxylic acids is 1. The Bertz CT molecular complexity index is 830. The largest absolute Gasteiger partial charge is 0.480 e. The fourth-order valence-electron chi connectivity index (χ4n) is 3.12. The van der Waals surface area contributed by atoms with Gasteiger partial charge in [0.15, 0.2) is 0 Å². The van der Waals surface area contributed by atoms with Gasteiger partial charge in [-0.1, -0.05) is 36.8 Å². The standard InChI is InChI=1S/C24H34N2O9/c1-3-33-20(28)15-18(23(31)34-4-2)21(22(29)30)26-19(27)13-9-6-10-14-25-24(32)35-16-17-11-7-5-8-12-17/h5,7-8,11-12,18,21H,3-4,6,9-10,13-16H2,1-2H3,(H,25,32)(H,26,27)(H,29,30)/t18-,21-/m1/s1. The Balaban J connectivity index is 2.40. The second-order valence-corrected chi connectivity index (χ2v) is 7.55. The van der Waals surface area contributed by atoms with Gasteiger partial charge in [-0.15, -0.1) is 0 Å². The molecule has 0 saturated carbocycles. The first-order valence-corrected chi connectivity index (χ1v) is 11.6. The number of carbonyl (C=O) groups is 5. The van der Waals surface area contributed by atoms with Crippen molar-refractivity contribution < 1.29 is 43.3 Å². The van der Waals surface area contributed by atoms with E-state index < -0.39 is 48.3 Å². The minimum Gasteiger partial charge on any atom is -0.480 e. The second-order valence-electron chi connectivity index (χ2n) is 7.55. The molecule has 0 aliphatic heterocycles. The van der Waals surface area contributed by atoms with Crippen molar-refractivity contribution >= 4 is 29.9 Å². The zero-order valence-corrected chi connectivity index (χ0v) is 20.1. The molecule has 0 aromatic heterocycles. The first-order valence-electron chi connectivity index (χ1n) is 11.6. The number of nitrogens with one attached hydrogen (secondary N) is 2. The zero-order valence-electron chi connectivity index (χ0n) is 20.1. The molecule has 1 aromatic rings. The third-order valence-corrected chi connectivity index (χ3v) is 4.83. The van der Waals surface area contributed by atoms with Crippen LogP contribution >= 0.6 is 0 Å². The molecule has 0 spiro atoms. The van der Waals surface area contributed by atoms with Gasteiger partial charge in [0.25, 0.3) is 0 Å². The molecule has 11 heteroatoms. The van der Waals surface area contributed by atoms with Crippen LogP contribution in [0.3, 0.4) is 0 Å². The maximum Gasteiger partial charge on any atom is 0.407 e. The lowest BCUT2D eigenvalue weighted by molar-refractivity contribution is -0.160. The molecular weight excluding hydrogens is 460 g/mol. The van der Waals surface area contributed by atoms with Gasteiger partial charge in [-0.05, 0) is 32.3 Å². The van der Waals surface area contributed by atoms with Crippen LogP contribution in [-0.2, 0) is 40.0 Å². The topological polar surface area (TPSA) is 157 Å². The molecule has 0 heterocycles. The summed E-state index contributed by atoms with van der Waals surface area (Å²) < 4.78 is 14.8. The van der Waals surface area contributed by atoms with E-state index in [4.69, 9.17) is 14.2 Å². The first kappa shape index (κ1) is 29.4. The number of benzene rings is 1. The van der Waals surface area contributed by atoms with Gasteiger partial charge in [-0.3, -0.25) is 14.4 Å². The Hall–Kier alpha value is -3.63. The van der Waals surface area contributed by atoms with E-state index in [0.29, 0.717) is 25.8 Å². The first-order chi connectivity index (χ1) is 16.8. The van der Waals surface area contributed by atoms with Gasteiger partial charge in [0.05, 0.1) is 25.6 Å². The van der Waals surface area contributed by atoms with E-state index in [1.807, 2.05) is 30.3 Å². The van der Waals surface area contributed by atoms with E-state index in [-0.39, 0.29) is 26.2 Å². The summed E-state index contributed by atoms with van der Waals surface area (Å²) in [5, 5.41) is 14.5. The Morgan fingerprint density at radius 1 is 0.914 bits per heavy atom.